The van der Waals surface area contributed by atoms with Crippen LogP contribution in [0.3, 0.4) is 0 Å². The van der Waals surface area contributed by atoms with Gasteiger partial charge in [0, 0.05) is 25.6 Å². The van der Waals surface area contributed by atoms with Gasteiger partial charge in [0.15, 0.2) is 0 Å². The van der Waals surface area contributed by atoms with Gasteiger partial charge in [0.2, 0.25) is 11.8 Å². The van der Waals surface area contributed by atoms with Crippen molar-refractivity contribution < 1.29 is 9.59 Å². The number of hydrogen-bond donors (Lipinski definition) is 2. The van der Waals surface area contributed by atoms with Crippen molar-refractivity contribution >= 4 is 24.2 Å². The molecule has 1 atom stereocenters. The van der Waals surface area contributed by atoms with Crippen molar-refractivity contribution in [1.29, 1.82) is 0 Å². The molecule has 0 aromatic rings. The molecule has 21 heavy (non-hydrogen) atoms. The summed E-state index contributed by atoms with van der Waals surface area (Å²) >= 11 is 0. The Bertz CT molecular complexity index is 346. The third kappa shape index (κ3) is 5.47. The minimum absolute atomic E-state index is 0. The van der Waals surface area contributed by atoms with Gasteiger partial charge in [0.1, 0.15) is 0 Å². The molecule has 6 heteroatoms. The number of hydrogen-bond acceptors (Lipinski definition) is 3. The van der Waals surface area contributed by atoms with E-state index in [-0.39, 0.29) is 36.8 Å². The summed E-state index contributed by atoms with van der Waals surface area (Å²) in [5, 5.41) is 2.78. The minimum Gasteiger partial charge on any atom is -0.347 e. The smallest absolute Gasteiger partial charge is 0.242 e. The zero-order valence-electron chi connectivity index (χ0n) is 12.7. The molecule has 0 radical (unpaired) electrons. The Morgan fingerprint density at radius 1 is 1.10 bits per heavy atom. The highest BCUT2D eigenvalue weighted by molar-refractivity contribution is 5.85. The lowest BCUT2D eigenvalue weighted by Crippen LogP contribution is -2.45. The lowest BCUT2D eigenvalue weighted by molar-refractivity contribution is -0.133. The number of nitrogens with zero attached hydrogens (tertiary/aromatic N) is 1. The van der Waals surface area contributed by atoms with E-state index >= 15 is 0 Å². The molecule has 1 saturated heterocycles. The van der Waals surface area contributed by atoms with Crippen molar-refractivity contribution in [2.45, 2.75) is 57.4 Å². The highest BCUT2D eigenvalue weighted by Crippen LogP contribution is 2.26. The summed E-state index contributed by atoms with van der Waals surface area (Å²) in [5.41, 5.74) is 5.66. The molecule has 0 bridgehead atoms. The largest absolute Gasteiger partial charge is 0.347 e. The summed E-state index contributed by atoms with van der Waals surface area (Å²) < 4.78 is 0. The molecule has 1 saturated carbocycles. The van der Waals surface area contributed by atoms with Gasteiger partial charge in [-0.2, -0.15) is 0 Å². The molecule has 122 valence electrons. The number of carbonyl (C=O) groups excluding carboxylic acids is 2. The molecule has 1 heterocycles. The first kappa shape index (κ1) is 18.2. The van der Waals surface area contributed by atoms with Crippen LogP contribution in [0.15, 0.2) is 0 Å². The second kappa shape index (κ2) is 9.26. The number of halogens is 1. The van der Waals surface area contributed by atoms with E-state index < -0.39 is 0 Å². The third-order valence-electron chi connectivity index (χ3n) is 4.61. The van der Waals surface area contributed by atoms with Gasteiger partial charge in [0.05, 0.1) is 6.54 Å². The van der Waals surface area contributed by atoms with E-state index in [9.17, 15) is 9.59 Å². The Hall–Kier alpha value is -0.810. The van der Waals surface area contributed by atoms with E-state index in [1.807, 2.05) is 4.90 Å². The maximum atomic E-state index is 12.1. The summed E-state index contributed by atoms with van der Waals surface area (Å²) in [4.78, 5) is 25.8. The lowest BCUT2D eigenvalue weighted by Gasteiger charge is -2.24. The van der Waals surface area contributed by atoms with Crippen LogP contribution in [-0.4, -0.2) is 42.4 Å². The lowest BCUT2D eigenvalue weighted by atomic mass is 9.87. The molecule has 1 unspecified atom stereocenters. The van der Waals surface area contributed by atoms with Crippen LogP contribution in [0.25, 0.3) is 0 Å². The fourth-order valence-electron chi connectivity index (χ4n) is 3.41. The van der Waals surface area contributed by atoms with Gasteiger partial charge in [-0.3, -0.25) is 9.59 Å². The third-order valence-corrected chi connectivity index (χ3v) is 4.61. The van der Waals surface area contributed by atoms with Crippen molar-refractivity contribution in [3.63, 3.8) is 0 Å². The van der Waals surface area contributed by atoms with Gasteiger partial charge in [-0.05, 0) is 31.6 Å². The van der Waals surface area contributed by atoms with Gasteiger partial charge in [0.25, 0.3) is 0 Å². The summed E-state index contributed by atoms with van der Waals surface area (Å²) in [6, 6.07) is 0.165. The molecule has 0 aromatic carbocycles. The number of rotatable bonds is 5. The first-order valence-electron chi connectivity index (χ1n) is 7.97. The molecule has 0 aromatic heterocycles. The summed E-state index contributed by atoms with van der Waals surface area (Å²) in [6.45, 7) is 1.42. The van der Waals surface area contributed by atoms with E-state index in [2.05, 4.69) is 5.32 Å². The predicted octanol–water partition coefficient (Wildman–Crippen LogP) is 1.44. The summed E-state index contributed by atoms with van der Waals surface area (Å²) in [6.07, 6.45) is 8.67. The van der Waals surface area contributed by atoms with Crippen LogP contribution in [0, 0.1) is 5.92 Å². The number of nitrogens with one attached hydrogen (secondary N) is 1. The maximum absolute atomic E-state index is 12.1. The van der Waals surface area contributed by atoms with Crippen LogP contribution in [0.2, 0.25) is 0 Å². The molecule has 2 amide bonds. The van der Waals surface area contributed by atoms with Crippen molar-refractivity contribution in [3.05, 3.63) is 0 Å². The van der Waals surface area contributed by atoms with Crippen molar-refractivity contribution in [2.24, 2.45) is 11.7 Å². The minimum atomic E-state index is 0. The molecule has 5 nitrogen and oxygen atoms in total. The van der Waals surface area contributed by atoms with E-state index in [1.165, 1.54) is 19.3 Å². The van der Waals surface area contributed by atoms with Gasteiger partial charge in [-0.25, -0.2) is 0 Å². The predicted molar refractivity (Wildman–Crippen MR) is 85.2 cm³/mol. The average molecular weight is 318 g/mol. The summed E-state index contributed by atoms with van der Waals surface area (Å²) in [5.74, 6) is 0.547. The van der Waals surface area contributed by atoms with Gasteiger partial charge in [-0.1, -0.05) is 19.3 Å². The van der Waals surface area contributed by atoms with Crippen LogP contribution >= 0.6 is 12.4 Å². The van der Waals surface area contributed by atoms with E-state index in [4.69, 9.17) is 5.73 Å². The second-order valence-electron chi connectivity index (χ2n) is 6.10. The Kier molecular flexibility index (Phi) is 8.04. The molecular formula is C15H28ClN3O2. The number of amides is 2. The fourth-order valence-corrected chi connectivity index (χ4v) is 3.41. The molecule has 2 fully saturated rings. The van der Waals surface area contributed by atoms with Gasteiger partial charge < -0.3 is 16.0 Å². The number of nitrogens with two attached hydrogens (primary N) is 1. The van der Waals surface area contributed by atoms with E-state index in [0.717, 1.165) is 32.2 Å². The Balaban J connectivity index is 0.00000220. The molecule has 3 N–H and O–H groups in total. The molecule has 1 aliphatic carbocycles. The van der Waals surface area contributed by atoms with E-state index in [0.29, 0.717) is 18.9 Å². The zero-order valence-corrected chi connectivity index (χ0v) is 13.5. The Morgan fingerprint density at radius 2 is 1.81 bits per heavy atom. The monoisotopic (exact) mass is 317 g/mol. The molecule has 1 aliphatic heterocycles. The van der Waals surface area contributed by atoms with Crippen LogP contribution in [0.1, 0.15) is 51.4 Å². The molecular weight excluding hydrogens is 290 g/mol. The Morgan fingerprint density at radius 3 is 2.48 bits per heavy atom. The molecule has 2 rings (SSSR count). The molecule has 0 spiro atoms. The molecule has 2 aliphatic rings. The second-order valence-corrected chi connectivity index (χ2v) is 6.10. The number of carbonyl (C=O) groups is 2. The van der Waals surface area contributed by atoms with Crippen LogP contribution in [0.4, 0.5) is 0 Å². The van der Waals surface area contributed by atoms with Crippen LogP contribution < -0.4 is 11.1 Å². The van der Waals surface area contributed by atoms with Crippen molar-refractivity contribution in [2.75, 3.05) is 19.6 Å². The van der Waals surface area contributed by atoms with Crippen LogP contribution in [-0.2, 0) is 9.59 Å². The Labute approximate surface area is 133 Å². The summed E-state index contributed by atoms with van der Waals surface area (Å²) in [7, 11) is 0. The average Bonchev–Trinajstić information content (AvgIpc) is 2.94. The van der Waals surface area contributed by atoms with Crippen LogP contribution in [0.5, 0.6) is 0 Å². The SMILES string of the molecule is Cl.NCC1CCCN1C(=O)CNC(=O)CC1CCCCC1. The normalized spacial score (nSPS) is 22.7. The first-order chi connectivity index (χ1) is 9.70. The highest BCUT2D eigenvalue weighted by Gasteiger charge is 2.27. The first-order valence-corrected chi connectivity index (χ1v) is 7.97. The standard InChI is InChI=1S/C15H27N3O2.ClH/c16-10-13-7-4-8-18(13)15(20)11-17-14(19)9-12-5-2-1-3-6-12;/h12-13H,1-11,16H2,(H,17,19);1H. The van der Waals surface area contributed by atoms with Crippen molar-refractivity contribution in [3.8, 4) is 0 Å². The van der Waals surface area contributed by atoms with E-state index in [1.54, 1.807) is 0 Å². The van der Waals surface area contributed by atoms with Gasteiger partial charge >= 0.3 is 0 Å². The fraction of sp³-hybridized carbons (Fsp3) is 0.867. The number of likely N-dealkylation sites (tertiary alicyclic amines) is 1. The van der Waals surface area contributed by atoms with Crippen molar-refractivity contribution in [1.82, 2.24) is 10.2 Å². The topological polar surface area (TPSA) is 75.4 Å². The van der Waals surface area contributed by atoms with Gasteiger partial charge in [-0.15, -0.1) is 12.4 Å². The quantitative estimate of drug-likeness (QED) is 0.805. The highest BCUT2D eigenvalue weighted by atomic mass is 35.5. The maximum Gasteiger partial charge on any atom is 0.242 e. The zero-order chi connectivity index (χ0) is 14.4.